The SMILES string of the molecule is COC(=O)C1=C(CN2CCN3C(=O)N(CC#Cc4ccc(C(=O)N(C)C)cc4)CC3C2)NC(c2nccs2)=NC1c1ccc(F)cc1Cl. The van der Waals surface area contributed by atoms with Crippen molar-refractivity contribution in [3.8, 4) is 11.8 Å². The highest BCUT2D eigenvalue weighted by atomic mass is 35.5. The van der Waals surface area contributed by atoms with E-state index in [9.17, 15) is 18.8 Å². The number of benzene rings is 2. The Morgan fingerprint density at radius 2 is 1.96 bits per heavy atom. The third kappa shape index (κ3) is 6.92. The van der Waals surface area contributed by atoms with Gasteiger partial charge in [-0.3, -0.25) is 14.7 Å². The predicted octanol–water partition coefficient (Wildman–Crippen LogP) is 3.63. The van der Waals surface area contributed by atoms with Crippen molar-refractivity contribution in [1.82, 2.24) is 29.9 Å². The van der Waals surface area contributed by atoms with Gasteiger partial charge >= 0.3 is 12.0 Å². The van der Waals surface area contributed by atoms with E-state index >= 15 is 0 Å². The number of amidine groups is 1. The molecule has 2 saturated heterocycles. The number of carbonyl (C=O) groups excluding carboxylic acids is 3. The van der Waals surface area contributed by atoms with Gasteiger partial charge in [0.2, 0.25) is 0 Å². The van der Waals surface area contributed by atoms with Crippen molar-refractivity contribution in [2.45, 2.75) is 12.1 Å². The van der Waals surface area contributed by atoms with Crippen LogP contribution in [0.4, 0.5) is 9.18 Å². The van der Waals surface area contributed by atoms with Crippen LogP contribution >= 0.6 is 22.9 Å². The summed E-state index contributed by atoms with van der Waals surface area (Å²) >= 11 is 7.87. The molecule has 2 aromatic carbocycles. The normalized spacial score (nSPS) is 19.3. The van der Waals surface area contributed by atoms with Crippen molar-refractivity contribution < 1.29 is 23.5 Å². The molecule has 2 unspecified atom stereocenters. The van der Waals surface area contributed by atoms with E-state index < -0.39 is 17.8 Å². The molecule has 0 bridgehead atoms. The zero-order valence-corrected chi connectivity index (χ0v) is 28.1. The predicted molar refractivity (Wildman–Crippen MR) is 180 cm³/mol. The van der Waals surface area contributed by atoms with E-state index in [1.165, 1.54) is 41.5 Å². The number of ether oxygens (including phenoxy) is 1. The summed E-state index contributed by atoms with van der Waals surface area (Å²) in [5, 5.41) is 5.92. The summed E-state index contributed by atoms with van der Waals surface area (Å²) in [6.07, 6.45) is 1.67. The fourth-order valence-electron chi connectivity index (χ4n) is 6.00. The number of halogens is 2. The molecule has 248 valence electrons. The van der Waals surface area contributed by atoms with Crippen molar-refractivity contribution in [2.24, 2.45) is 4.99 Å². The lowest BCUT2D eigenvalue weighted by molar-refractivity contribution is -0.136. The number of urea groups is 1. The Labute approximate surface area is 286 Å². The van der Waals surface area contributed by atoms with Gasteiger partial charge in [-0.15, -0.1) is 11.3 Å². The zero-order chi connectivity index (χ0) is 33.9. The average molecular weight is 690 g/mol. The van der Waals surface area contributed by atoms with Crippen molar-refractivity contribution in [1.29, 1.82) is 0 Å². The Kier molecular flexibility index (Phi) is 9.77. The van der Waals surface area contributed by atoms with Gasteiger partial charge in [-0.2, -0.15) is 0 Å². The Morgan fingerprint density at radius 3 is 2.65 bits per heavy atom. The first kappa shape index (κ1) is 33.1. The fourth-order valence-corrected chi connectivity index (χ4v) is 6.86. The molecule has 3 amide bonds. The molecular weight excluding hydrogens is 657 g/mol. The Bertz CT molecular complexity index is 1850. The molecule has 0 aliphatic carbocycles. The molecule has 2 fully saturated rings. The third-order valence-corrected chi connectivity index (χ3v) is 9.47. The molecular formula is C34H33ClFN7O4S. The summed E-state index contributed by atoms with van der Waals surface area (Å²) in [5.74, 6) is 5.50. The molecule has 6 rings (SSSR count). The number of carbonyl (C=O) groups is 3. The second-order valence-corrected chi connectivity index (χ2v) is 13.0. The van der Waals surface area contributed by atoms with Crippen LogP contribution in [-0.4, -0.2) is 115 Å². The number of piperazine rings is 1. The van der Waals surface area contributed by atoms with Crippen molar-refractivity contribution >= 4 is 46.7 Å². The van der Waals surface area contributed by atoms with Gasteiger partial charge in [0, 0.05) is 85.8 Å². The summed E-state index contributed by atoms with van der Waals surface area (Å²) in [6.45, 7) is 2.78. The molecule has 2 atom stereocenters. The lowest BCUT2D eigenvalue weighted by atomic mass is 9.95. The summed E-state index contributed by atoms with van der Waals surface area (Å²) in [4.78, 5) is 55.2. The van der Waals surface area contributed by atoms with Crippen molar-refractivity contribution in [3.05, 3.63) is 97.8 Å². The van der Waals surface area contributed by atoms with E-state index in [4.69, 9.17) is 21.3 Å². The topological polar surface area (TPSA) is 111 Å². The molecule has 48 heavy (non-hydrogen) atoms. The number of amides is 3. The van der Waals surface area contributed by atoms with Gasteiger partial charge in [-0.1, -0.05) is 29.5 Å². The van der Waals surface area contributed by atoms with E-state index in [0.717, 1.165) is 5.56 Å². The smallest absolute Gasteiger partial charge is 0.338 e. The average Bonchev–Trinajstić information content (AvgIpc) is 3.72. The Balaban J connectivity index is 1.18. The number of thiazole rings is 1. The number of nitrogens with zero attached hydrogens (tertiary/aromatic N) is 6. The molecule has 3 aliphatic heterocycles. The van der Waals surface area contributed by atoms with Gasteiger partial charge in [-0.05, 0) is 36.4 Å². The quantitative estimate of drug-likeness (QED) is 0.298. The summed E-state index contributed by atoms with van der Waals surface area (Å²) < 4.78 is 19.2. The van der Waals surface area contributed by atoms with Crippen LogP contribution in [0.3, 0.4) is 0 Å². The molecule has 0 spiro atoms. The second-order valence-electron chi connectivity index (χ2n) is 11.7. The third-order valence-electron chi connectivity index (χ3n) is 8.36. The molecule has 11 nitrogen and oxygen atoms in total. The first-order chi connectivity index (χ1) is 23.1. The number of esters is 1. The maximum atomic E-state index is 14.0. The van der Waals surface area contributed by atoms with Crippen LogP contribution < -0.4 is 5.32 Å². The summed E-state index contributed by atoms with van der Waals surface area (Å²) in [6, 6.07) is 10.1. The number of aliphatic imine (C=N–C) groups is 1. The zero-order valence-electron chi connectivity index (χ0n) is 26.6. The van der Waals surface area contributed by atoms with Crippen LogP contribution in [0.5, 0.6) is 0 Å². The van der Waals surface area contributed by atoms with Crippen LogP contribution in [0, 0.1) is 17.7 Å². The Morgan fingerprint density at radius 1 is 1.17 bits per heavy atom. The highest BCUT2D eigenvalue weighted by Gasteiger charge is 2.41. The number of nitrogens with one attached hydrogen (secondary N) is 1. The minimum absolute atomic E-state index is 0.0599. The maximum Gasteiger partial charge on any atom is 0.338 e. The first-order valence-corrected chi connectivity index (χ1v) is 16.5. The van der Waals surface area contributed by atoms with Crippen molar-refractivity contribution in [2.75, 3.05) is 60.5 Å². The molecule has 14 heteroatoms. The van der Waals surface area contributed by atoms with Gasteiger partial charge in [-0.25, -0.2) is 19.0 Å². The lowest BCUT2D eigenvalue weighted by Gasteiger charge is -2.38. The molecule has 1 aromatic heterocycles. The molecule has 0 radical (unpaired) electrons. The fraction of sp³-hybridized carbons (Fsp3) is 0.324. The van der Waals surface area contributed by atoms with E-state index in [2.05, 4.69) is 27.0 Å². The molecule has 4 heterocycles. The highest BCUT2D eigenvalue weighted by Crippen LogP contribution is 2.37. The summed E-state index contributed by atoms with van der Waals surface area (Å²) in [7, 11) is 4.71. The van der Waals surface area contributed by atoms with Crippen LogP contribution in [0.1, 0.15) is 32.5 Å². The summed E-state index contributed by atoms with van der Waals surface area (Å²) in [5.41, 5.74) is 2.66. The van der Waals surface area contributed by atoms with E-state index in [0.29, 0.717) is 60.4 Å². The maximum absolute atomic E-state index is 14.0. The first-order valence-electron chi connectivity index (χ1n) is 15.2. The van der Waals surface area contributed by atoms with Crippen molar-refractivity contribution in [3.63, 3.8) is 0 Å². The van der Waals surface area contributed by atoms with Crippen LogP contribution in [-0.2, 0) is 9.53 Å². The Hall–Kier alpha value is -4.77. The second kappa shape index (κ2) is 14.1. The van der Waals surface area contributed by atoms with E-state index in [-0.39, 0.29) is 35.1 Å². The highest BCUT2D eigenvalue weighted by molar-refractivity contribution is 7.11. The van der Waals surface area contributed by atoms with E-state index in [1.54, 1.807) is 49.5 Å². The number of aromatic nitrogens is 1. The van der Waals surface area contributed by atoms with Crippen LogP contribution in [0.25, 0.3) is 0 Å². The lowest BCUT2D eigenvalue weighted by Crippen LogP contribution is -2.53. The number of hydrogen-bond donors (Lipinski definition) is 1. The molecule has 0 saturated carbocycles. The molecule has 3 aromatic rings. The molecule has 1 N–H and O–H groups in total. The van der Waals surface area contributed by atoms with Gasteiger partial charge in [0.15, 0.2) is 10.8 Å². The van der Waals surface area contributed by atoms with E-state index in [1.807, 2.05) is 10.3 Å². The van der Waals surface area contributed by atoms with Gasteiger partial charge in [0.1, 0.15) is 11.9 Å². The molecule has 3 aliphatic rings. The number of fused-ring (bicyclic) bond motifs is 1. The largest absolute Gasteiger partial charge is 0.466 e. The standard InChI is InChI=1S/C34H33ClFN7O4S/c1-40(2)32(44)22-8-6-21(7-9-22)5-4-13-42-19-24-18-41(14-15-43(24)34(42)46)20-27-28(33(45)47-3)29(25-11-10-23(36)17-26(25)35)39-30(38-27)31-37-12-16-48-31/h6-12,16-17,24,29H,13-15,18-20H2,1-3H3,(H,38,39). The van der Waals surface area contributed by atoms with Crippen LogP contribution in [0.2, 0.25) is 5.02 Å². The minimum Gasteiger partial charge on any atom is -0.466 e. The van der Waals surface area contributed by atoms with Gasteiger partial charge < -0.3 is 24.8 Å². The minimum atomic E-state index is -0.853. The number of methoxy groups -OCH3 is 1. The monoisotopic (exact) mass is 689 g/mol. The number of hydrogen-bond acceptors (Lipinski definition) is 9. The van der Waals surface area contributed by atoms with Gasteiger partial charge in [0.05, 0.1) is 25.3 Å². The number of rotatable bonds is 7. The van der Waals surface area contributed by atoms with Crippen LogP contribution in [0.15, 0.2) is 70.3 Å². The van der Waals surface area contributed by atoms with Gasteiger partial charge in [0.25, 0.3) is 5.91 Å².